The molecule has 7 heteroatoms. The second-order valence-electron chi connectivity index (χ2n) is 7.70. The topological polar surface area (TPSA) is 65.5 Å². The van der Waals surface area contributed by atoms with E-state index in [2.05, 4.69) is 44.5 Å². The van der Waals surface area contributed by atoms with E-state index >= 15 is 0 Å². The van der Waals surface area contributed by atoms with Crippen molar-refractivity contribution in [1.82, 2.24) is 16.0 Å². The van der Waals surface area contributed by atoms with Crippen LogP contribution in [0.3, 0.4) is 0 Å². The monoisotopic (exact) mass is 540 g/mol. The molecule has 2 aromatic rings. The van der Waals surface area contributed by atoms with Gasteiger partial charge in [-0.1, -0.05) is 37.5 Å². The van der Waals surface area contributed by atoms with Gasteiger partial charge >= 0.3 is 0 Å². The number of nitrogens with zero attached hydrogens (tertiary/aromatic N) is 1. The number of amides is 1. The summed E-state index contributed by atoms with van der Waals surface area (Å²) in [5, 5.41) is 11.9. The molecule has 3 N–H and O–H groups in total. The minimum Gasteiger partial charge on any atom is -0.356 e. The molecule has 1 amide bonds. The maximum absolute atomic E-state index is 11.8. The molecule has 1 saturated carbocycles. The normalized spacial score (nSPS) is 15.7. The van der Waals surface area contributed by atoms with E-state index in [4.69, 9.17) is 0 Å². The van der Waals surface area contributed by atoms with Crippen molar-refractivity contribution < 1.29 is 4.79 Å². The molecule has 0 bridgehead atoms. The van der Waals surface area contributed by atoms with Crippen LogP contribution in [0.1, 0.15) is 52.9 Å². The van der Waals surface area contributed by atoms with Crippen LogP contribution in [0.5, 0.6) is 0 Å². The fourth-order valence-electron chi connectivity index (χ4n) is 4.13. The van der Waals surface area contributed by atoms with Crippen molar-refractivity contribution >= 4 is 47.2 Å². The number of carbonyl (C=O) groups excluding carboxylic acids is 1. The van der Waals surface area contributed by atoms with Crippen molar-refractivity contribution in [3.05, 3.63) is 57.8 Å². The van der Waals surface area contributed by atoms with Crippen LogP contribution in [0, 0.1) is 0 Å². The highest BCUT2D eigenvalue weighted by Gasteiger charge is 2.34. The lowest BCUT2D eigenvalue weighted by Crippen LogP contribution is -2.46. The van der Waals surface area contributed by atoms with E-state index in [1.54, 1.807) is 7.05 Å². The second-order valence-corrected chi connectivity index (χ2v) is 8.65. The first-order valence-corrected chi connectivity index (χ1v) is 11.3. The molecule has 0 spiro atoms. The molecule has 0 saturated heterocycles. The predicted octanol–water partition coefficient (Wildman–Crippen LogP) is 4.34. The van der Waals surface area contributed by atoms with Crippen LogP contribution in [0.2, 0.25) is 0 Å². The summed E-state index contributed by atoms with van der Waals surface area (Å²) in [5.74, 6) is 0.789. The molecule has 5 nitrogen and oxygen atoms in total. The van der Waals surface area contributed by atoms with E-state index in [9.17, 15) is 4.79 Å². The lowest BCUT2D eigenvalue weighted by molar-refractivity contribution is 0.0963. The molecular formula is C23H33IN4OS. The number of hydrogen-bond acceptors (Lipinski definition) is 3. The molecule has 1 aliphatic carbocycles. The van der Waals surface area contributed by atoms with Crippen LogP contribution in [-0.4, -0.2) is 39.1 Å². The van der Waals surface area contributed by atoms with E-state index in [1.807, 2.05) is 36.6 Å². The summed E-state index contributed by atoms with van der Waals surface area (Å²) < 4.78 is 0. The Hall–Kier alpha value is -1.61. The lowest BCUT2D eigenvalue weighted by Gasteiger charge is -2.37. The quantitative estimate of drug-likeness (QED) is 0.278. The fraction of sp³-hybridized carbons (Fsp3) is 0.478. The number of thiophene rings is 1. The van der Waals surface area contributed by atoms with Crippen LogP contribution in [-0.2, 0) is 11.8 Å². The molecule has 1 heterocycles. The van der Waals surface area contributed by atoms with Crippen LogP contribution in [0.4, 0.5) is 0 Å². The Balaban J connectivity index is 0.00000320. The minimum atomic E-state index is -0.0522. The largest absolute Gasteiger partial charge is 0.356 e. The van der Waals surface area contributed by atoms with Gasteiger partial charge in [0, 0.05) is 43.0 Å². The molecule has 0 aliphatic heterocycles. The summed E-state index contributed by atoms with van der Waals surface area (Å²) in [6.07, 6.45) is 7.25. The van der Waals surface area contributed by atoms with Crippen LogP contribution < -0.4 is 16.0 Å². The second kappa shape index (κ2) is 12.3. The van der Waals surface area contributed by atoms with Crippen molar-refractivity contribution in [2.75, 3.05) is 27.2 Å². The Morgan fingerprint density at radius 2 is 1.93 bits per heavy atom. The first-order valence-electron chi connectivity index (χ1n) is 10.5. The summed E-state index contributed by atoms with van der Waals surface area (Å²) in [6, 6.07) is 12.2. The van der Waals surface area contributed by atoms with E-state index in [1.165, 1.54) is 37.0 Å². The maximum atomic E-state index is 11.8. The third kappa shape index (κ3) is 6.44. The number of rotatable bonds is 7. The number of guanidine groups is 1. The van der Waals surface area contributed by atoms with Crippen molar-refractivity contribution in [2.24, 2.45) is 4.99 Å². The van der Waals surface area contributed by atoms with Gasteiger partial charge in [0.05, 0.1) is 0 Å². The van der Waals surface area contributed by atoms with Gasteiger partial charge < -0.3 is 16.0 Å². The molecule has 1 aliphatic rings. The van der Waals surface area contributed by atoms with E-state index in [-0.39, 0.29) is 35.3 Å². The minimum absolute atomic E-state index is 0. The number of aliphatic imine (C=N–C) groups is 1. The molecule has 0 unspecified atom stereocenters. The van der Waals surface area contributed by atoms with Gasteiger partial charge in [-0.2, -0.15) is 0 Å². The average Bonchev–Trinajstić information content (AvgIpc) is 3.32. The SMILES string of the molecule is CN=C(NCCc1cccc(C(=O)NC)c1)NCC1(c2cccs2)CCCCC1.I. The highest BCUT2D eigenvalue weighted by Crippen LogP contribution is 2.41. The molecule has 164 valence electrons. The Morgan fingerprint density at radius 3 is 2.60 bits per heavy atom. The molecule has 3 rings (SSSR count). The zero-order valence-corrected chi connectivity index (χ0v) is 21.0. The first-order chi connectivity index (χ1) is 14.2. The fourth-order valence-corrected chi connectivity index (χ4v) is 5.12. The van der Waals surface area contributed by atoms with Gasteiger partial charge in [0.15, 0.2) is 5.96 Å². The number of carbonyl (C=O) groups is 1. The smallest absolute Gasteiger partial charge is 0.251 e. The summed E-state index contributed by atoms with van der Waals surface area (Å²) in [4.78, 5) is 17.7. The average molecular weight is 541 g/mol. The van der Waals surface area contributed by atoms with Crippen LogP contribution in [0.15, 0.2) is 46.8 Å². The number of hydrogen-bond donors (Lipinski definition) is 3. The van der Waals surface area contributed by atoms with Gasteiger partial charge in [-0.3, -0.25) is 9.79 Å². The Morgan fingerprint density at radius 1 is 1.13 bits per heavy atom. The predicted molar refractivity (Wildman–Crippen MR) is 137 cm³/mol. The highest BCUT2D eigenvalue weighted by molar-refractivity contribution is 14.0. The van der Waals surface area contributed by atoms with Gasteiger partial charge in [-0.25, -0.2) is 0 Å². The van der Waals surface area contributed by atoms with Crippen LogP contribution >= 0.6 is 35.3 Å². The molecular weight excluding hydrogens is 507 g/mol. The van der Waals surface area contributed by atoms with Gasteiger partial charge in [-0.15, -0.1) is 35.3 Å². The third-order valence-electron chi connectivity index (χ3n) is 5.79. The Kier molecular flexibility index (Phi) is 10.1. The molecule has 1 aromatic carbocycles. The third-order valence-corrected chi connectivity index (χ3v) is 6.91. The maximum Gasteiger partial charge on any atom is 0.251 e. The van der Waals surface area contributed by atoms with Gasteiger partial charge in [0.1, 0.15) is 0 Å². The van der Waals surface area contributed by atoms with Crippen molar-refractivity contribution in [1.29, 1.82) is 0 Å². The highest BCUT2D eigenvalue weighted by atomic mass is 127. The number of nitrogens with one attached hydrogen (secondary N) is 3. The molecule has 30 heavy (non-hydrogen) atoms. The summed E-state index contributed by atoms with van der Waals surface area (Å²) in [6.45, 7) is 1.68. The van der Waals surface area contributed by atoms with E-state index in [0.717, 1.165) is 31.0 Å². The number of benzene rings is 1. The Bertz CT molecular complexity index is 816. The summed E-state index contributed by atoms with van der Waals surface area (Å²) in [7, 11) is 3.47. The van der Waals surface area contributed by atoms with Crippen molar-refractivity contribution in [2.45, 2.75) is 43.9 Å². The zero-order valence-electron chi connectivity index (χ0n) is 17.9. The molecule has 0 atom stereocenters. The van der Waals surface area contributed by atoms with E-state index < -0.39 is 0 Å². The Labute approximate surface area is 201 Å². The molecule has 1 fully saturated rings. The van der Waals surface area contributed by atoms with Crippen molar-refractivity contribution in [3.63, 3.8) is 0 Å². The number of halogens is 1. The van der Waals surface area contributed by atoms with Crippen LogP contribution in [0.25, 0.3) is 0 Å². The van der Waals surface area contributed by atoms with Gasteiger partial charge in [0.25, 0.3) is 5.91 Å². The molecule has 1 aromatic heterocycles. The van der Waals surface area contributed by atoms with Gasteiger partial charge in [0.2, 0.25) is 0 Å². The summed E-state index contributed by atoms with van der Waals surface area (Å²) in [5.41, 5.74) is 2.06. The first kappa shape index (κ1) is 24.7. The van der Waals surface area contributed by atoms with Crippen molar-refractivity contribution in [3.8, 4) is 0 Å². The standard InChI is InChI=1S/C23H32N4OS.HI/c1-24-21(28)19-9-6-8-18(16-19)11-14-26-22(25-2)27-17-23(12-4-3-5-13-23)20-10-7-15-29-20;/h6-10,15-16H,3-5,11-14,17H2,1-2H3,(H,24,28)(H2,25,26,27);1H. The zero-order chi connectivity index (χ0) is 20.5. The summed E-state index contributed by atoms with van der Waals surface area (Å²) >= 11 is 1.88. The molecule has 0 radical (unpaired) electrons. The van der Waals surface area contributed by atoms with E-state index in [0.29, 0.717) is 5.56 Å². The lowest BCUT2D eigenvalue weighted by atomic mass is 9.73. The van der Waals surface area contributed by atoms with Gasteiger partial charge in [-0.05, 0) is 48.4 Å².